The van der Waals surface area contributed by atoms with Gasteiger partial charge in [0.25, 0.3) is 0 Å². The molecule has 0 aromatic carbocycles. The summed E-state index contributed by atoms with van der Waals surface area (Å²) in [7, 11) is 2.71. The summed E-state index contributed by atoms with van der Waals surface area (Å²) in [5, 5.41) is 7.00. The summed E-state index contributed by atoms with van der Waals surface area (Å²) in [6.07, 6.45) is 15.1. The second-order valence-corrected chi connectivity index (χ2v) is 6.81. The van der Waals surface area contributed by atoms with Crippen LogP contribution < -0.4 is 0 Å². The molecule has 0 aliphatic heterocycles. The van der Waals surface area contributed by atoms with Crippen LogP contribution in [0.25, 0.3) is 0 Å². The van der Waals surface area contributed by atoms with Crippen molar-refractivity contribution < 1.29 is 19.4 Å². The maximum absolute atomic E-state index is 12.4. The monoisotopic (exact) mass is 372 g/mol. The van der Waals surface area contributed by atoms with Crippen molar-refractivity contribution in [2.45, 2.75) is 98.0 Å². The molecule has 1 fully saturated rings. The number of ether oxygens (including phenoxy) is 2. The van der Waals surface area contributed by atoms with Gasteiger partial charge in [0.1, 0.15) is 6.61 Å². The predicted octanol–water partition coefficient (Wildman–Crippen LogP) is 5.68. The quantitative estimate of drug-likeness (QED) is 0.321. The fraction of sp³-hybridized carbons (Fsp3) is 0.864. The van der Waals surface area contributed by atoms with E-state index in [0.29, 0.717) is 6.61 Å². The van der Waals surface area contributed by atoms with Crippen LogP contribution in [0.4, 0.5) is 0 Å². The molecule has 0 aromatic rings. The molecule has 1 unspecified atom stereocenters. The van der Waals surface area contributed by atoms with Gasteiger partial charge >= 0.3 is 5.97 Å². The SMILES string of the molecule is C/C=C\C.CCCCCC(COC(=O)C1(CC)CCCCC1)OC.CO. The first-order valence-electron chi connectivity index (χ1n) is 10.3. The van der Waals surface area contributed by atoms with Crippen molar-refractivity contribution in [2.24, 2.45) is 5.41 Å². The van der Waals surface area contributed by atoms with Crippen LogP contribution in [0.5, 0.6) is 0 Å². The molecule has 1 aliphatic rings. The molecule has 156 valence electrons. The van der Waals surface area contributed by atoms with Gasteiger partial charge in [-0.1, -0.05) is 64.5 Å². The summed E-state index contributed by atoms with van der Waals surface area (Å²) in [4.78, 5) is 12.4. The first-order chi connectivity index (χ1) is 12.6. The largest absolute Gasteiger partial charge is 0.463 e. The Bertz CT molecular complexity index is 329. The summed E-state index contributed by atoms with van der Waals surface area (Å²) < 4.78 is 11.0. The molecule has 1 aliphatic carbocycles. The highest BCUT2D eigenvalue weighted by molar-refractivity contribution is 5.76. The van der Waals surface area contributed by atoms with E-state index in [9.17, 15) is 4.79 Å². The summed E-state index contributed by atoms with van der Waals surface area (Å²) in [6, 6.07) is 0. The highest BCUT2D eigenvalue weighted by Gasteiger charge is 2.39. The number of carbonyl (C=O) groups is 1. The van der Waals surface area contributed by atoms with Crippen molar-refractivity contribution in [3.8, 4) is 0 Å². The van der Waals surface area contributed by atoms with Crippen LogP contribution in [-0.2, 0) is 14.3 Å². The first kappa shape index (κ1) is 27.3. The number of carbonyl (C=O) groups excluding carboxylic acids is 1. The third-order valence-electron chi connectivity index (χ3n) is 5.12. The maximum Gasteiger partial charge on any atom is 0.312 e. The zero-order valence-electron chi connectivity index (χ0n) is 18.2. The number of methoxy groups -OCH3 is 1. The van der Waals surface area contributed by atoms with Crippen molar-refractivity contribution in [2.75, 3.05) is 20.8 Å². The van der Waals surface area contributed by atoms with E-state index < -0.39 is 0 Å². The maximum atomic E-state index is 12.4. The summed E-state index contributed by atoms with van der Waals surface area (Å²) in [6.45, 7) is 8.72. The number of hydrogen-bond acceptors (Lipinski definition) is 4. The first-order valence-corrected chi connectivity index (χ1v) is 10.3. The molecule has 0 aromatic heterocycles. The third kappa shape index (κ3) is 11.7. The lowest BCUT2D eigenvalue weighted by atomic mass is 9.72. The molecule has 1 saturated carbocycles. The predicted molar refractivity (Wildman–Crippen MR) is 110 cm³/mol. The molecule has 0 bridgehead atoms. The average molecular weight is 373 g/mol. The molecule has 1 N–H and O–H groups in total. The van der Waals surface area contributed by atoms with Crippen LogP contribution in [0.3, 0.4) is 0 Å². The van der Waals surface area contributed by atoms with Gasteiger partial charge in [0.05, 0.1) is 11.5 Å². The molecule has 4 nitrogen and oxygen atoms in total. The van der Waals surface area contributed by atoms with Crippen LogP contribution in [0.15, 0.2) is 12.2 Å². The van der Waals surface area contributed by atoms with Gasteiger partial charge in [-0.05, 0) is 39.5 Å². The van der Waals surface area contributed by atoms with Gasteiger partial charge in [-0.3, -0.25) is 4.79 Å². The van der Waals surface area contributed by atoms with Crippen molar-refractivity contribution >= 4 is 5.97 Å². The summed E-state index contributed by atoms with van der Waals surface area (Å²) in [5.74, 6) is 0.0113. The number of aliphatic hydroxyl groups is 1. The Hall–Kier alpha value is -0.870. The molecule has 1 atom stereocenters. The lowest BCUT2D eigenvalue weighted by molar-refractivity contribution is -0.162. The lowest BCUT2D eigenvalue weighted by Crippen LogP contribution is -2.36. The molecule has 0 heterocycles. The van der Waals surface area contributed by atoms with Gasteiger partial charge in [0.15, 0.2) is 0 Å². The molecule has 26 heavy (non-hydrogen) atoms. The molecular formula is C22H44O4. The van der Waals surface area contributed by atoms with Gasteiger partial charge in [-0.25, -0.2) is 0 Å². The molecule has 1 rings (SSSR count). The highest BCUT2D eigenvalue weighted by atomic mass is 16.6. The molecule has 0 saturated heterocycles. The minimum Gasteiger partial charge on any atom is -0.463 e. The van der Waals surface area contributed by atoms with E-state index in [-0.39, 0.29) is 17.5 Å². The highest BCUT2D eigenvalue weighted by Crippen LogP contribution is 2.40. The Kier molecular flexibility index (Phi) is 19.9. The zero-order chi connectivity index (χ0) is 20.3. The molecule has 0 radical (unpaired) electrons. The van der Waals surface area contributed by atoms with Crippen molar-refractivity contribution in [1.82, 2.24) is 0 Å². The fourth-order valence-corrected chi connectivity index (χ4v) is 3.14. The van der Waals surface area contributed by atoms with E-state index in [1.54, 1.807) is 7.11 Å². The van der Waals surface area contributed by atoms with E-state index in [0.717, 1.165) is 52.1 Å². The second-order valence-electron chi connectivity index (χ2n) is 6.81. The van der Waals surface area contributed by atoms with Crippen LogP contribution in [0.2, 0.25) is 0 Å². The Morgan fingerprint density at radius 3 is 2.08 bits per heavy atom. The number of unbranched alkanes of at least 4 members (excludes halogenated alkanes) is 2. The summed E-state index contributed by atoms with van der Waals surface area (Å²) in [5.41, 5.74) is -0.208. The Morgan fingerprint density at radius 2 is 1.65 bits per heavy atom. The molecule has 4 heteroatoms. The van der Waals surface area contributed by atoms with E-state index in [1.807, 2.05) is 26.0 Å². The van der Waals surface area contributed by atoms with Crippen molar-refractivity contribution in [3.63, 3.8) is 0 Å². The van der Waals surface area contributed by atoms with Gasteiger partial charge in [0.2, 0.25) is 0 Å². The standard InChI is InChI=1S/C17H32O3.C4H8.CH4O/c1-4-6-8-11-15(19-3)14-20-16(18)17(5-2)12-9-7-10-13-17;1-3-4-2;1-2/h15H,4-14H2,1-3H3;3-4H,1-2H3;2H,1H3/b;4-3-;. The van der Waals surface area contributed by atoms with Crippen molar-refractivity contribution in [1.29, 1.82) is 0 Å². The molecule has 0 spiro atoms. The number of esters is 1. The van der Waals surface area contributed by atoms with Crippen LogP contribution in [0, 0.1) is 5.41 Å². The zero-order valence-corrected chi connectivity index (χ0v) is 18.2. The van der Waals surface area contributed by atoms with Crippen LogP contribution in [-0.4, -0.2) is 38.0 Å². The number of aliphatic hydroxyl groups excluding tert-OH is 1. The van der Waals surface area contributed by atoms with Gasteiger partial charge in [-0.15, -0.1) is 0 Å². The van der Waals surface area contributed by atoms with Crippen molar-refractivity contribution in [3.05, 3.63) is 12.2 Å². The number of hydrogen-bond donors (Lipinski definition) is 1. The summed E-state index contributed by atoms with van der Waals surface area (Å²) >= 11 is 0. The van der Waals surface area contributed by atoms with Crippen LogP contribution in [0.1, 0.15) is 91.9 Å². The second kappa shape index (κ2) is 18.9. The molecule has 0 amide bonds. The fourth-order valence-electron chi connectivity index (χ4n) is 3.14. The van der Waals surface area contributed by atoms with E-state index in [1.165, 1.54) is 19.3 Å². The Morgan fingerprint density at radius 1 is 1.08 bits per heavy atom. The number of rotatable bonds is 9. The van der Waals surface area contributed by atoms with E-state index >= 15 is 0 Å². The van der Waals surface area contributed by atoms with Gasteiger partial charge < -0.3 is 14.6 Å². The minimum absolute atomic E-state index is 0.0113. The average Bonchev–Trinajstić information content (AvgIpc) is 2.72. The minimum atomic E-state index is -0.208. The number of allylic oxidation sites excluding steroid dienone is 2. The van der Waals surface area contributed by atoms with Gasteiger partial charge in [0, 0.05) is 14.2 Å². The molecular weight excluding hydrogens is 328 g/mol. The van der Waals surface area contributed by atoms with E-state index in [4.69, 9.17) is 14.6 Å². The lowest BCUT2D eigenvalue weighted by Gasteiger charge is -2.34. The topological polar surface area (TPSA) is 55.8 Å². The van der Waals surface area contributed by atoms with Crippen LogP contribution >= 0.6 is 0 Å². The van der Waals surface area contributed by atoms with E-state index in [2.05, 4.69) is 13.8 Å². The third-order valence-corrected chi connectivity index (χ3v) is 5.12. The smallest absolute Gasteiger partial charge is 0.312 e. The normalized spacial score (nSPS) is 16.7. The Labute approximate surface area is 162 Å². The van der Waals surface area contributed by atoms with Gasteiger partial charge in [-0.2, -0.15) is 0 Å². The Balaban J connectivity index is 0.